The Balaban J connectivity index is 2.13. The molecule has 0 aliphatic rings. The van der Waals surface area contributed by atoms with Gasteiger partial charge in [0, 0.05) is 16.5 Å². The second-order valence-corrected chi connectivity index (χ2v) is 6.51. The Hall–Kier alpha value is -2.67. The molecule has 0 unspecified atom stereocenters. The number of hydrogen-bond donors (Lipinski definition) is 1. The predicted molar refractivity (Wildman–Crippen MR) is 96.2 cm³/mol. The minimum atomic E-state index is -0.378. The summed E-state index contributed by atoms with van der Waals surface area (Å²) >= 11 is 6.04. The lowest BCUT2D eigenvalue weighted by Gasteiger charge is -2.11. The Morgan fingerprint density at radius 2 is 2.12 bits per heavy atom. The van der Waals surface area contributed by atoms with Gasteiger partial charge in [0.2, 0.25) is 5.91 Å². The average Bonchev–Trinajstić information content (AvgIpc) is 2.97. The maximum atomic E-state index is 12.9. The van der Waals surface area contributed by atoms with Crippen molar-refractivity contribution in [1.29, 1.82) is 0 Å². The molecule has 1 N–H and O–H groups in total. The summed E-state index contributed by atoms with van der Waals surface area (Å²) in [7, 11) is 0. The highest BCUT2D eigenvalue weighted by atomic mass is 35.5. The normalized spacial score (nSPS) is 11.2. The van der Waals surface area contributed by atoms with Crippen LogP contribution in [0.25, 0.3) is 16.6 Å². The summed E-state index contributed by atoms with van der Waals surface area (Å²) in [6.45, 7) is 5.35. The number of carbonyl (C=O) groups excluding carboxylic acids is 1. The fraction of sp³-hybridized carbons (Fsp3) is 0.294. The molecular weight excluding hydrogens is 342 g/mol. The SMILES string of the molecule is Cc1nn(CC(=O)NC(C)C)c(=O)c2c1cnn2-c1cccc(Cl)c1. The summed E-state index contributed by atoms with van der Waals surface area (Å²) in [6, 6.07) is 7.05. The van der Waals surface area contributed by atoms with Crippen LogP contribution in [0.1, 0.15) is 19.5 Å². The molecule has 3 aromatic rings. The van der Waals surface area contributed by atoms with Crippen LogP contribution >= 0.6 is 11.6 Å². The van der Waals surface area contributed by atoms with E-state index in [0.717, 1.165) is 4.68 Å². The van der Waals surface area contributed by atoms with Crippen LogP contribution in [0.15, 0.2) is 35.3 Å². The van der Waals surface area contributed by atoms with Crippen molar-refractivity contribution in [3.63, 3.8) is 0 Å². The maximum Gasteiger partial charge on any atom is 0.293 e. The maximum absolute atomic E-state index is 12.9. The zero-order valence-corrected chi connectivity index (χ0v) is 14.9. The second-order valence-electron chi connectivity index (χ2n) is 6.07. The fourth-order valence-electron chi connectivity index (χ4n) is 2.64. The van der Waals surface area contributed by atoms with Crippen molar-refractivity contribution in [1.82, 2.24) is 24.9 Å². The largest absolute Gasteiger partial charge is 0.352 e. The smallest absolute Gasteiger partial charge is 0.293 e. The van der Waals surface area contributed by atoms with Gasteiger partial charge in [-0.15, -0.1) is 0 Å². The van der Waals surface area contributed by atoms with Gasteiger partial charge in [-0.05, 0) is 39.0 Å². The van der Waals surface area contributed by atoms with Crippen molar-refractivity contribution in [2.24, 2.45) is 0 Å². The van der Waals surface area contributed by atoms with Gasteiger partial charge in [0.05, 0.1) is 17.6 Å². The number of benzene rings is 1. The van der Waals surface area contributed by atoms with E-state index < -0.39 is 0 Å². The topological polar surface area (TPSA) is 81.8 Å². The molecular formula is C17H18ClN5O2. The van der Waals surface area contributed by atoms with Gasteiger partial charge in [0.25, 0.3) is 5.56 Å². The summed E-state index contributed by atoms with van der Waals surface area (Å²) in [6.07, 6.45) is 1.60. The zero-order valence-electron chi connectivity index (χ0n) is 14.2. The molecule has 0 saturated heterocycles. The molecule has 1 amide bonds. The predicted octanol–water partition coefficient (Wildman–Crippen LogP) is 2.07. The quantitative estimate of drug-likeness (QED) is 0.773. The van der Waals surface area contributed by atoms with Crippen LogP contribution in [0, 0.1) is 6.92 Å². The Labute approximate surface area is 149 Å². The third-order valence-corrected chi connectivity index (χ3v) is 3.90. The van der Waals surface area contributed by atoms with Crippen LogP contribution in [0.3, 0.4) is 0 Å². The number of fused-ring (bicyclic) bond motifs is 1. The van der Waals surface area contributed by atoms with Gasteiger partial charge in [-0.2, -0.15) is 10.2 Å². The van der Waals surface area contributed by atoms with Crippen LogP contribution in [0.2, 0.25) is 5.02 Å². The van der Waals surface area contributed by atoms with Gasteiger partial charge < -0.3 is 5.32 Å². The van der Waals surface area contributed by atoms with Gasteiger partial charge >= 0.3 is 0 Å². The lowest BCUT2D eigenvalue weighted by molar-refractivity contribution is -0.122. The van der Waals surface area contributed by atoms with E-state index in [4.69, 9.17) is 11.6 Å². The first-order chi connectivity index (χ1) is 11.9. The first-order valence-corrected chi connectivity index (χ1v) is 8.25. The molecule has 3 rings (SSSR count). The lowest BCUT2D eigenvalue weighted by Crippen LogP contribution is -2.37. The zero-order chi connectivity index (χ0) is 18.1. The first kappa shape index (κ1) is 17.2. The number of amides is 1. The molecule has 0 saturated carbocycles. The number of halogens is 1. The number of aryl methyl sites for hydroxylation is 1. The van der Waals surface area contributed by atoms with Crippen molar-refractivity contribution in [2.45, 2.75) is 33.4 Å². The van der Waals surface area contributed by atoms with Crippen LogP contribution < -0.4 is 10.9 Å². The molecule has 2 heterocycles. The second kappa shape index (κ2) is 6.68. The monoisotopic (exact) mass is 359 g/mol. The minimum absolute atomic E-state index is 0.00924. The van der Waals surface area contributed by atoms with E-state index >= 15 is 0 Å². The Morgan fingerprint density at radius 3 is 2.80 bits per heavy atom. The highest BCUT2D eigenvalue weighted by molar-refractivity contribution is 6.30. The molecule has 2 aromatic heterocycles. The van der Waals surface area contributed by atoms with Crippen LogP contribution in [-0.4, -0.2) is 31.5 Å². The molecule has 0 atom stereocenters. The Bertz CT molecular complexity index is 1010. The van der Waals surface area contributed by atoms with E-state index in [9.17, 15) is 9.59 Å². The number of nitrogens with zero attached hydrogens (tertiary/aromatic N) is 4. The van der Waals surface area contributed by atoms with Gasteiger partial charge in [0.1, 0.15) is 12.1 Å². The molecule has 7 nitrogen and oxygen atoms in total. The van der Waals surface area contributed by atoms with Crippen LogP contribution in [0.4, 0.5) is 0 Å². The molecule has 25 heavy (non-hydrogen) atoms. The molecule has 130 valence electrons. The van der Waals surface area contributed by atoms with E-state index in [0.29, 0.717) is 27.3 Å². The van der Waals surface area contributed by atoms with Crippen molar-refractivity contribution in [3.8, 4) is 5.69 Å². The van der Waals surface area contributed by atoms with E-state index in [-0.39, 0.29) is 24.1 Å². The highest BCUT2D eigenvalue weighted by Gasteiger charge is 2.16. The molecule has 0 radical (unpaired) electrons. The standard InChI is InChI=1S/C17H18ClN5O2/c1-10(2)20-15(24)9-22-17(25)16-14(11(3)21-22)8-19-23(16)13-6-4-5-12(18)7-13/h4-8,10H,9H2,1-3H3,(H,20,24). The number of nitrogens with one attached hydrogen (secondary N) is 1. The molecule has 0 aliphatic heterocycles. The van der Waals surface area contributed by atoms with Crippen molar-refractivity contribution in [3.05, 3.63) is 51.5 Å². The summed E-state index contributed by atoms with van der Waals surface area (Å²) < 4.78 is 2.69. The van der Waals surface area contributed by atoms with E-state index in [1.165, 1.54) is 4.68 Å². The van der Waals surface area contributed by atoms with E-state index in [1.807, 2.05) is 19.9 Å². The number of rotatable bonds is 4. The third kappa shape index (κ3) is 3.41. The van der Waals surface area contributed by atoms with Crippen LogP contribution in [-0.2, 0) is 11.3 Å². The minimum Gasteiger partial charge on any atom is -0.352 e. The first-order valence-electron chi connectivity index (χ1n) is 7.87. The summed E-state index contributed by atoms with van der Waals surface area (Å²) in [4.78, 5) is 24.9. The molecule has 0 aliphatic carbocycles. The van der Waals surface area contributed by atoms with Crippen molar-refractivity contribution < 1.29 is 4.79 Å². The molecule has 1 aromatic carbocycles. The molecule has 0 spiro atoms. The van der Waals surface area contributed by atoms with E-state index in [1.54, 1.807) is 31.3 Å². The number of aromatic nitrogens is 4. The number of hydrogen-bond acceptors (Lipinski definition) is 4. The molecule has 8 heteroatoms. The van der Waals surface area contributed by atoms with Crippen LogP contribution in [0.5, 0.6) is 0 Å². The summed E-state index contributed by atoms with van der Waals surface area (Å²) in [5.74, 6) is -0.267. The van der Waals surface area contributed by atoms with Crippen molar-refractivity contribution in [2.75, 3.05) is 0 Å². The van der Waals surface area contributed by atoms with Gasteiger partial charge in [-0.25, -0.2) is 9.36 Å². The van der Waals surface area contributed by atoms with E-state index in [2.05, 4.69) is 15.5 Å². The number of carbonyl (C=O) groups is 1. The fourth-order valence-corrected chi connectivity index (χ4v) is 2.82. The lowest BCUT2D eigenvalue weighted by atomic mass is 10.2. The Kier molecular flexibility index (Phi) is 4.59. The summed E-state index contributed by atoms with van der Waals surface area (Å²) in [5, 5.41) is 12.5. The third-order valence-electron chi connectivity index (χ3n) is 3.66. The highest BCUT2D eigenvalue weighted by Crippen LogP contribution is 2.19. The van der Waals surface area contributed by atoms with Crippen molar-refractivity contribution >= 4 is 28.4 Å². The van der Waals surface area contributed by atoms with Gasteiger partial charge in [0.15, 0.2) is 0 Å². The molecule has 0 fully saturated rings. The van der Waals surface area contributed by atoms with Gasteiger partial charge in [-0.3, -0.25) is 9.59 Å². The Morgan fingerprint density at radius 1 is 1.36 bits per heavy atom. The van der Waals surface area contributed by atoms with Gasteiger partial charge in [-0.1, -0.05) is 17.7 Å². The molecule has 0 bridgehead atoms. The summed E-state index contributed by atoms with van der Waals surface area (Å²) in [5.41, 5.74) is 1.28. The average molecular weight is 360 g/mol.